The lowest BCUT2D eigenvalue weighted by atomic mass is 10.00. The Bertz CT molecular complexity index is 720. The van der Waals surface area contributed by atoms with Crippen LogP contribution in [0.15, 0.2) is 30.3 Å². The van der Waals surface area contributed by atoms with E-state index in [1.54, 1.807) is 7.11 Å². The average Bonchev–Trinajstić information content (AvgIpc) is 2.62. The van der Waals surface area contributed by atoms with Crippen molar-refractivity contribution < 1.29 is 9.47 Å². The van der Waals surface area contributed by atoms with Crippen LogP contribution in [0.1, 0.15) is 18.0 Å². The van der Waals surface area contributed by atoms with Crippen LogP contribution in [-0.2, 0) is 4.74 Å². The van der Waals surface area contributed by atoms with Crippen LogP contribution < -0.4 is 4.74 Å². The van der Waals surface area contributed by atoms with Crippen LogP contribution in [0, 0.1) is 0 Å². The first-order valence-corrected chi connectivity index (χ1v) is 9.20. The molecule has 0 bridgehead atoms. The van der Waals surface area contributed by atoms with E-state index in [0.29, 0.717) is 16.8 Å². The molecule has 1 saturated heterocycles. The largest absolute Gasteiger partial charge is 0.495 e. The van der Waals surface area contributed by atoms with E-state index in [1.807, 2.05) is 6.07 Å². The van der Waals surface area contributed by atoms with Crippen molar-refractivity contribution in [2.45, 2.75) is 12.5 Å². The summed E-state index contributed by atoms with van der Waals surface area (Å²) in [4.78, 5) is 4.78. The fourth-order valence-corrected chi connectivity index (χ4v) is 3.77. The minimum absolute atomic E-state index is 0.307. The Morgan fingerprint density at radius 2 is 2.12 bits per heavy atom. The highest BCUT2D eigenvalue weighted by Gasteiger charge is 2.24. The van der Waals surface area contributed by atoms with Crippen LogP contribution in [0.3, 0.4) is 0 Å². The lowest BCUT2D eigenvalue weighted by molar-refractivity contribution is -0.00941. The van der Waals surface area contributed by atoms with Crippen LogP contribution in [0.25, 0.3) is 10.8 Å². The molecule has 0 amide bonds. The molecule has 2 aromatic rings. The Morgan fingerprint density at radius 1 is 1.28 bits per heavy atom. The molecule has 0 aliphatic carbocycles. The Hall–Kier alpha value is -1.33. The van der Waals surface area contributed by atoms with Gasteiger partial charge in [-0.25, -0.2) is 0 Å². The third-order valence-electron chi connectivity index (χ3n) is 4.84. The number of hydrogen-bond donors (Lipinski definition) is 0. The van der Waals surface area contributed by atoms with Gasteiger partial charge in [-0.3, -0.25) is 4.90 Å². The van der Waals surface area contributed by atoms with Gasteiger partial charge in [-0.05, 0) is 50.1 Å². The standard InChI is InChI=1S/C20H27ClN2O2/c1-22(2)9-4-10-23-11-12-25-14-18(23)16-5-7-17-15(13-16)6-8-19(24-3)20(17)21/h5-8,13,18H,4,9-12,14H2,1-3H3. The molecule has 0 radical (unpaired) electrons. The van der Waals surface area contributed by atoms with Gasteiger partial charge in [0.2, 0.25) is 0 Å². The van der Waals surface area contributed by atoms with E-state index in [4.69, 9.17) is 21.1 Å². The fourth-order valence-electron chi connectivity index (χ4n) is 3.46. The van der Waals surface area contributed by atoms with Crippen molar-refractivity contribution in [3.63, 3.8) is 0 Å². The van der Waals surface area contributed by atoms with Crippen LogP contribution >= 0.6 is 11.6 Å². The first kappa shape index (κ1) is 18.5. The van der Waals surface area contributed by atoms with Crippen molar-refractivity contribution >= 4 is 22.4 Å². The van der Waals surface area contributed by atoms with Gasteiger partial charge in [-0.1, -0.05) is 29.8 Å². The molecule has 2 aromatic carbocycles. The first-order valence-electron chi connectivity index (χ1n) is 8.83. The summed E-state index contributed by atoms with van der Waals surface area (Å²) in [6, 6.07) is 10.8. The van der Waals surface area contributed by atoms with E-state index in [9.17, 15) is 0 Å². The maximum absolute atomic E-state index is 6.44. The summed E-state index contributed by atoms with van der Waals surface area (Å²) >= 11 is 6.44. The van der Waals surface area contributed by atoms with E-state index < -0.39 is 0 Å². The van der Waals surface area contributed by atoms with Gasteiger partial charge in [0.1, 0.15) is 5.75 Å². The van der Waals surface area contributed by atoms with Crippen molar-refractivity contribution in [1.82, 2.24) is 9.80 Å². The maximum atomic E-state index is 6.44. The summed E-state index contributed by atoms with van der Waals surface area (Å²) < 4.78 is 11.1. The highest BCUT2D eigenvalue weighted by molar-refractivity contribution is 6.37. The number of halogens is 1. The Balaban J connectivity index is 1.83. The molecule has 3 rings (SSSR count). The smallest absolute Gasteiger partial charge is 0.138 e. The summed E-state index contributed by atoms with van der Waals surface area (Å²) in [5.41, 5.74) is 1.29. The molecule has 4 nitrogen and oxygen atoms in total. The number of methoxy groups -OCH3 is 1. The fraction of sp³-hybridized carbons (Fsp3) is 0.500. The SMILES string of the molecule is COc1ccc2cc(C3COCCN3CCCN(C)C)ccc2c1Cl. The molecule has 0 N–H and O–H groups in total. The zero-order valence-corrected chi connectivity index (χ0v) is 16.1. The first-order chi connectivity index (χ1) is 12.1. The van der Waals surface area contributed by atoms with Gasteiger partial charge in [0.15, 0.2) is 0 Å². The summed E-state index contributed by atoms with van der Waals surface area (Å²) in [7, 11) is 5.89. The van der Waals surface area contributed by atoms with Crippen LogP contribution in [0.5, 0.6) is 5.75 Å². The number of nitrogens with zero attached hydrogens (tertiary/aromatic N) is 2. The number of benzene rings is 2. The molecule has 0 saturated carbocycles. The second-order valence-electron chi connectivity index (χ2n) is 6.85. The number of hydrogen-bond acceptors (Lipinski definition) is 4. The van der Waals surface area contributed by atoms with Gasteiger partial charge >= 0.3 is 0 Å². The van der Waals surface area contributed by atoms with Gasteiger partial charge in [-0.15, -0.1) is 0 Å². The van der Waals surface area contributed by atoms with Crippen LogP contribution in [0.4, 0.5) is 0 Å². The quantitative estimate of drug-likeness (QED) is 0.779. The summed E-state index contributed by atoms with van der Waals surface area (Å²) in [5, 5.41) is 2.84. The molecule has 5 heteroatoms. The minimum Gasteiger partial charge on any atom is -0.495 e. The molecule has 25 heavy (non-hydrogen) atoms. The number of fused-ring (bicyclic) bond motifs is 1. The third-order valence-corrected chi connectivity index (χ3v) is 5.23. The van der Waals surface area contributed by atoms with Crippen molar-refractivity contribution in [2.24, 2.45) is 0 Å². The maximum Gasteiger partial charge on any atom is 0.138 e. The highest BCUT2D eigenvalue weighted by Crippen LogP contribution is 2.35. The number of morpholine rings is 1. The number of ether oxygens (including phenoxy) is 2. The molecule has 1 unspecified atom stereocenters. The molecule has 1 fully saturated rings. The molecule has 0 aromatic heterocycles. The molecule has 1 atom stereocenters. The van der Waals surface area contributed by atoms with Gasteiger partial charge in [0.25, 0.3) is 0 Å². The Kier molecular flexibility index (Phi) is 6.18. The number of rotatable bonds is 6. The second kappa shape index (κ2) is 8.37. The third kappa shape index (κ3) is 4.26. The van der Waals surface area contributed by atoms with E-state index >= 15 is 0 Å². The van der Waals surface area contributed by atoms with Crippen molar-refractivity contribution in [2.75, 3.05) is 54.1 Å². The normalized spacial score (nSPS) is 18.8. The van der Waals surface area contributed by atoms with Crippen molar-refractivity contribution in [3.8, 4) is 5.75 Å². The lowest BCUT2D eigenvalue weighted by Crippen LogP contribution is -2.40. The van der Waals surface area contributed by atoms with Crippen LogP contribution in [0.2, 0.25) is 5.02 Å². The molecular formula is C20H27ClN2O2. The van der Waals surface area contributed by atoms with Gasteiger partial charge in [0.05, 0.1) is 31.4 Å². The molecule has 1 aliphatic rings. The van der Waals surface area contributed by atoms with Gasteiger partial charge in [-0.2, -0.15) is 0 Å². The molecule has 0 spiro atoms. The molecule has 1 heterocycles. The Morgan fingerprint density at radius 3 is 2.88 bits per heavy atom. The van der Waals surface area contributed by atoms with Crippen molar-refractivity contribution in [1.29, 1.82) is 0 Å². The molecule has 136 valence electrons. The minimum atomic E-state index is 0.307. The zero-order valence-electron chi connectivity index (χ0n) is 15.3. The monoisotopic (exact) mass is 362 g/mol. The lowest BCUT2D eigenvalue weighted by Gasteiger charge is -2.36. The summed E-state index contributed by atoms with van der Waals surface area (Å²) in [5.74, 6) is 0.716. The second-order valence-corrected chi connectivity index (χ2v) is 7.22. The Labute approximate surface area is 155 Å². The van der Waals surface area contributed by atoms with Gasteiger partial charge in [0, 0.05) is 18.5 Å². The van der Waals surface area contributed by atoms with E-state index in [-0.39, 0.29) is 0 Å². The molecular weight excluding hydrogens is 336 g/mol. The van der Waals surface area contributed by atoms with E-state index in [2.05, 4.69) is 48.2 Å². The average molecular weight is 363 g/mol. The topological polar surface area (TPSA) is 24.9 Å². The van der Waals surface area contributed by atoms with E-state index in [1.165, 1.54) is 12.0 Å². The van der Waals surface area contributed by atoms with Gasteiger partial charge < -0.3 is 14.4 Å². The van der Waals surface area contributed by atoms with Crippen molar-refractivity contribution in [3.05, 3.63) is 40.9 Å². The summed E-state index contributed by atoms with van der Waals surface area (Å²) in [6.07, 6.45) is 1.17. The van der Waals surface area contributed by atoms with E-state index in [0.717, 1.165) is 43.6 Å². The predicted octanol–water partition coefficient (Wildman–Crippen LogP) is 3.83. The molecule has 1 aliphatic heterocycles. The predicted molar refractivity (Wildman–Crippen MR) is 104 cm³/mol. The summed E-state index contributed by atoms with van der Waals surface area (Å²) in [6.45, 7) is 4.75. The highest BCUT2D eigenvalue weighted by atomic mass is 35.5. The van der Waals surface area contributed by atoms with Crippen LogP contribution in [-0.4, -0.2) is 63.9 Å². The zero-order chi connectivity index (χ0) is 17.8.